The second-order valence-corrected chi connectivity index (χ2v) is 7.41. The van der Waals surface area contributed by atoms with E-state index in [0.29, 0.717) is 11.0 Å². The zero-order chi connectivity index (χ0) is 25.4. The minimum Gasteiger partial charge on any atom is -0.459 e. The molecule has 34 heavy (non-hydrogen) atoms. The highest BCUT2D eigenvalue weighted by molar-refractivity contribution is 5.93. The normalized spacial score (nSPS) is 12.6. The van der Waals surface area contributed by atoms with Gasteiger partial charge in [-0.15, -0.1) is 6.58 Å². The number of ether oxygens (including phenoxy) is 2. The predicted molar refractivity (Wildman–Crippen MR) is 120 cm³/mol. The third-order valence-corrected chi connectivity index (χ3v) is 4.84. The fourth-order valence-corrected chi connectivity index (χ4v) is 2.83. The maximum Gasteiger partial charge on any atom is 0.338 e. The van der Waals surface area contributed by atoms with Gasteiger partial charge in [0, 0.05) is 7.05 Å². The molecule has 12 nitrogen and oxygen atoms in total. The number of nitrogens with zero attached hydrogens (tertiary/aromatic N) is 3. The van der Waals surface area contributed by atoms with Crippen LogP contribution in [0.3, 0.4) is 0 Å². The highest BCUT2D eigenvalue weighted by Gasteiger charge is 2.18. The second-order valence-electron chi connectivity index (χ2n) is 7.41. The number of hydrogen-bond acceptors (Lipinski definition) is 9. The Hall–Kier alpha value is -3.77. The van der Waals surface area contributed by atoms with Crippen molar-refractivity contribution in [2.45, 2.75) is 38.6 Å². The second kappa shape index (κ2) is 11.9. The van der Waals surface area contributed by atoms with Gasteiger partial charge in [-0.3, -0.25) is 0 Å². The van der Waals surface area contributed by atoms with Gasteiger partial charge < -0.3 is 19.7 Å². The average molecular weight is 477 g/mol. The van der Waals surface area contributed by atoms with Crippen LogP contribution in [0.5, 0.6) is 0 Å². The molecule has 1 aromatic carbocycles. The first-order chi connectivity index (χ1) is 16.1. The van der Waals surface area contributed by atoms with Crippen LogP contribution in [-0.2, 0) is 29.6 Å². The smallest absolute Gasteiger partial charge is 0.338 e. The lowest BCUT2D eigenvalue weighted by Crippen LogP contribution is -2.54. The van der Waals surface area contributed by atoms with Gasteiger partial charge in [-0.1, -0.05) is 13.0 Å². The standard InChI is InChI=1S/C22H27N3O9/c1-4-10-24-20(30)23(3)21(31)25(22(24)32)11-17(27)13-34-19(29)15-8-6-14(7-9-15)18(28)33-12-16(26)5-2/h4,6-9,16-17,26-27H,1,5,10-13H2,2-3H3. The van der Waals surface area contributed by atoms with E-state index in [2.05, 4.69) is 6.58 Å². The first-order valence-corrected chi connectivity index (χ1v) is 10.4. The van der Waals surface area contributed by atoms with Crippen molar-refractivity contribution < 1.29 is 29.3 Å². The molecule has 2 aromatic rings. The van der Waals surface area contributed by atoms with E-state index in [1.54, 1.807) is 6.92 Å². The van der Waals surface area contributed by atoms with Crippen LogP contribution >= 0.6 is 0 Å². The maximum atomic E-state index is 12.4. The number of benzene rings is 1. The molecule has 0 bridgehead atoms. The van der Waals surface area contributed by atoms with Crippen LogP contribution in [0, 0.1) is 0 Å². The van der Waals surface area contributed by atoms with Gasteiger partial charge in [0.05, 0.1) is 30.3 Å². The summed E-state index contributed by atoms with van der Waals surface area (Å²) in [5.41, 5.74) is -2.41. The summed E-state index contributed by atoms with van der Waals surface area (Å²) in [6.07, 6.45) is -0.421. The number of rotatable bonds is 11. The van der Waals surface area contributed by atoms with E-state index in [1.807, 2.05) is 0 Å². The molecule has 2 atom stereocenters. The first kappa shape index (κ1) is 26.5. The van der Waals surface area contributed by atoms with E-state index in [1.165, 1.54) is 37.4 Å². The topological polar surface area (TPSA) is 159 Å². The van der Waals surface area contributed by atoms with Gasteiger partial charge in [-0.05, 0) is 30.7 Å². The molecule has 1 aromatic heterocycles. The van der Waals surface area contributed by atoms with E-state index < -0.39 is 54.4 Å². The number of aliphatic hydroxyl groups is 2. The fourth-order valence-electron chi connectivity index (χ4n) is 2.83. The van der Waals surface area contributed by atoms with Crippen molar-refractivity contribution >= 4 is 11.9 Å². The van der Waals surface area contributed by atoms with Gasteiger partial charge in [0.25, 0.3) is 0 Å². The van der Waals surface area contributed by atoms with E-state index in [-0.39, 0.29) is 24.3 Å². The Kier molecular flexibility index (Phi) is 9.27. The molecule has 0 saturated heterocycles. The molecule has 1 heterocycles. The van der Waals surface area contributed by atoms with Crippen molar-refractivity contribution in [2.24, 2.45) is 7.05 Å². The third kappa shape index (κ3) is 6.39. The summed E-state index contributed by atoms with van der Waals surface area (Å²) in [5.74, 6) is -1.47. The predicted octanol–water partition coefficient (Wildman–Crippen LogP) is -0.960. The summed E-state index contributed by atoms with van der Waals surface area (Å²) in [6, 6.07) is 5.35. The average Bonchev–Trinajstić information content (AvgIpc) is 2.84. The van der Waals surface area contributed by atoms with Crippen LogP contribution in [0.1, 0.15) is 34.1 Å². The van der Waals surface area contributed by atoms with E-state index in [4.69, 9.17) is 9.47 Å². The molecule has 0 amide bonds. The van der Waals surface area contributed by atoms with Crippen LogP contribution in [0.25, 0.3) is 0 Å². The highest BCUT2D eigenvalue weighted by Crippen LogP contribution is 2.08. The van der Waals surface area contributed by atoms with Gasteiger partial charge >= 0.3 is 29.0 Å². The maximum absolute atomic E-state index is 12.4. The van der Waals surface area contributed by atoms with Crippen molar-refractivity contribution in [2.75, 3.05) is 13.2 Å². The number of esters is 2. The number of carbonyl (C=O) groups excluding carboxylic acids is 2. The zero-order valence-electron chi connectivity index (χ0n) is 18.9. The molecule has 0 aliphatic heterocycles. The number of carbonyl (C=O) groups is 2. The molecule has 2 unspecified atom stereocenters. The molecule has 2 rings (SSSR count). The molecule has 0 spiro atoms. The Morgan fingerprint density at radius 2 is 1.38 bits per heavy atom. The van der Waals surface area contributed by atoms with Crippen LogP contribution in [-0.4, -0.2) is 61.3 Å². The van der Waals surface area contributed by atoms with Crippen molar-refractivity contribution in [3.05, 3.63) is 79.5 Å². The Balaban J connectivity index is 2.01. The summed E-state index contributed by atoms with van der Waals surface area (Å²) >= 11 is 0. The Morgan fingerprint density at radius 3 is 1.85 bits per heavy atom. The van der Waals surface area contributed by atoms with Crippen molar-refractivity contribution in [3.8, 4) is 0 Å². The lowest BCUT2D eigenvalue weighted by atomic mass is 10.1. The number of allylic oxidation sites excluding steroid dienone is 1. The SMILES string of the molecule is C=CCn1c(=O)n(C)c(=O)n(CC(O)COC(=O)c2ccc(C(=O)OCC(O)CC)cc2)c1=O. The largest absolute Gasteiger partial charge is 0.459 e. The third-order valence-electron chi connectivity index (χ3n) is 4.84. The minimum absolute atomic E-state index is 0.0879. The van der Waals surface area contributed by atoms with Crippen molar-refractivity contribution in [1.29, 1.82) is 0 Å². The Labute approximate surface area is 193 Å². The molecule has 0 fully saturated rings. The van der Waals surface area contributed by atoms with Crippen molar-refractivity contribution in [1.82, 2.24) is 13.7 Å². The van der Waals surface area contributed by atoms with E-state index in [0.717, 1.165) is 9.13 Å². The number of aromatic nitrogens is 3. The van der Waals surface area contributed by atoms with Gasteiger partial charge in [-0.2, -0.15) is 0 Å². The fraction of sp³-hybridized carbons (Fsp3) is 0.409. The highest BCUT2D eigenvalue weighted by atomic mass is 16.5. The molecule has 184 valence electrons. The molecule has 0 aliphatic rings. The summed E-state index contributed by atoms with van der Waals surface area (Å²) < 4.78 is 12.1. The van der Waals surface area contributed by atoms with Crippen LogP contribution in [0.2, 0.25) is 0 Å². The number of hydrogen-bond donors (Lipinski definition) is 2. The summed E-state index contributed by atoms with van der Waals surface area (Å²) in [5, 5.41) is 19.6. The van der Waals surface area contributed by atoms with Crippen LogP contribution < -0.4 is 17.1 Å². The van der Waals surface area contributed by atoms with Gasteiger partial charge in [0.15, 0.2) is 0 Å². The molecular weight excluding hydrogens is 450 g/mol. The molecule has 12 heteroatoms. The summed E-state index contributed by atoms with van der Waals surface area (Å²) in [4.78, 5) is 60.9. The lowest BCUT2D eigenvalue weighted by Gasteiger charge is -2.15. The van der Waals surface area contributed by atoms with Crippen LogP contribution in [0.15, 0.2) is 51.3 Å². The molecule has 0 aliphatic carbocycles. The van der Waals surface area contributed by atoms with Gasteiger partial charge in [0.1, 0.15) is 19.3 Å². The minimum atomic E-state index is -1.41. The zero-order valence-corrected chi connectivity index (χ0v) is 18.9. The van der Waals surface area contributed by atoms with Gasteiger partial charge in [0.2, 0.25) is 0 Å². The summed E-state index contributed by atoms with van der Waals surface area (Å²) in [6.45, 7) is 3.89. The number of aliphatic hydroxyl groups excluding tert-OH is 2. The summed E-state index contributed by atoms with van der Waals surface area (Å²) in [7, 11) is 1.19. The van der Waals surface area contributed by atoms with Crippen LogP contribution in [0.4, 0.5) is 0 Å². The quantitative estimate of drug-likeness (QED) is 0.307. The monoisotopic (exact) mass is 477 g/mol. The van der Waals surface area contributed by atoms with E-state index in [9.17, 15) is 34.2 Å². The van der Waals surface area contributed by atoms with E-state index >= 15 is 0 Å². The lowest BCUT2D eigenvalue weighted by molar-refractivity contribution is 0.0207. The Morgan fingerprint density at radius 1 is 0.912 bits per heavy atom. The molecular formula is C22H27N3O9. The molecule has 0 radical (unpaired) electrons. The molecule has 0 saturated carbocycles. The van der Waals surface area contributed by atoms with Crippen molar-refractivity contribution in [3.63, 3.8) is 0 Å². The Bertz CT molecular complexity index is 1210. The van der Waals surface area contributed by atoms with Gasteiger partial charge in [-0.25, -0.2) is 37.7 Å². The molecule has 2 N–H and O–H groups in total. The first-order valence-electron chi connectivity index (χ1n) is 10.4.